The molecule has 0 aliphatic carbocycles. The lowest BCUT2D eigenvalue weighted by atomic mass is 10.1. The van der Waals surface area contributed by atoms with Crippen molar-refractivity contribution < 1.29 is 31.1 Å². The minimum atomic E-state index is -4.47. The van der Waals surface area contributed by atoms with E-state index in [1.807, 2.05) is 13.8 Å². The van der Waals surface area contributed by atoms with Gasteiger partial charge < -0.3 is 10.1 Å². The monoisotopic (exact) mass is 602 g/mol. The summed E-state index contributed by atoms with van der Waals surface area (Å²) < 4.78 is 72.4. The van der Waals surface area contributed by atoms with Gasteiger partial charge in [-0.05, 0) is 49.1 Å². The van der Waals surface area contributed by atoms with Crippen LogP contribution in [-0.2, 0) is 27.5 Å². The van der Waals surface area contributed by atoms with Gasteiger partial charge in [0.15, 0.2) is 0 Å². The maximum absolute atomic E-state index is 13.1. The van der Waals surface area contributed by atoms with E-state index in [0.29, 0.717) is 40.7 Å². The smallest absolute Gasteiger partial charge is 0.416 e. The molecule has 1 aliphatic rings. The SMILES string of the molecule is CC(C)COc1nc(CNC(=O)C2CCCN2S(=O)(=O)c2ccc(Cl)s2)cc(-c2ccc(C(F)(F)F)cc2)n1. The van der Waals surface area contributed by atoms with Crippen LogP contribution in [0.25, 0.3) is 11.3 Å². The number of alkyl halides is 3. The Hall–Kier alpha value is -2.74. The highest BCUT2D eigenvalue weighted by atomic mass is 35.5. The summed E-state index contributed by atoms with van der Waals surface area (Å²) in [6.07, 6.45) is -3.59. The van der Waals surface area contributed by atoms with Gasteiger partial charge in [-0.2, -0.15) is 27.4 Å². The van der Waals surface area contributed by atoms with Crippen LogP contribution < -0.4 is 10.1 Å². The molecular weight excluding hydrogens is 577 g/mol. The second kappa shape index (κ2) is 11.8. The van der Waals surface area contributed by atoms with Gasteiger partial charge in [0.25, 0.3) is 10.0 Å². The Kier molecular flexibility index (Phi) is 8.84. The van der Waals surface area contributed by atoms with E-state index in [1.54, 1.807) is 6.07 Å². The lowest BCUT2D eigenvalue weighted by Crippen LogP contribution is -2.45. The van der Waals surface area contributed by atoms with E-state index < -0.39 is 33.7 Å². The molecule has 1 saturated heterocycles. The number of hydrogen-bond acceptors (Lipinski definition) is 7. The van der Waals surface area contributed by atoms with Crippen LogP contribution in [0.5, 0.6) is 6.01 Å². The molecule has 1 unspecified atom stereocenters. The van der Waals surface area contributed by atoms with Gasteiger partial charge in [-0.15, -0.1) is 11.3 Å². The molecule has 1 N–H and O–H groups in total. The molecule has 1 fully saturated rings. The lowest BCUT2D eigenvalue weighted by Gasteiger charge is -2.22. The molecule has 14 heteroatoms. The third-order valence-corrected chi connectivity index (χ3v) is 9.48. The van der Waals surface area contributed by atoms with Crippen LogP contribution in [0.4, 0.5) is 13.2 Å². The molecule has 1 atom stereocenters. The number of rotatable bonds is 9. The lowest BCUT2D eigenvalue weighted by molar-refractivity contribution is -0.137. The summed E-state index contributed by atoms with van der Waals surface area (Å²) in [7, 11) is -3.89. The summed E-state index contributed by atoms with van der Waals surface area (Å²) in [5, 5.41) is 2.74. The molecule has 0 spiro atoms. The summed E-state index contributed by atoms with van der Waals surface area (Å²) in [5.74, 6) is -0.321. The highest BCUT2D eigenvalue weighted by Crippen LogP contribution is 2.33. The van der Waals surface area contributed by atoms with Gasteiger partial charge in [0.1, 0.15) is 10.3 Å². The Bertz CT molecular complexity index is 1430. The Morgan fingerprint density at radius 2 is 1.92 bits per heavy atom. The molecule has 210 valence electrons. The maximum Gasteiger partial charge on any atom is 0.416 e. The summed E-state index contributed by atoms with van der Waals surface area (Å²) in [4.78, 5) is 21.7. The molecule has 0 bridgehead atoms. The second-order valence-electron chi connectivity index (χ2n) is 9.36. The molecule has 1 aliphatic heterocycles. The zero-order valence-corrected chi connectivity index (χ0v) is 23.4. The number of hydrogen-bond donors (Lipinski definition) is 1. The fourth-order valence-electron chi connectivity index (χ4n) is 3.98. The third-order valence-electron chi connectivity index (χ3n) is 5.87. The van der Waals surface area contributed by atoms with Gasteiger partial charge in [0.2, 0.25) is 5.91 Å². The number of nitrogens with zero attached hydrogens (tertiary/aromatic N) is 3. The van der Waals surface area contributed by atoms with E-state index in [2.05, 4.69) is 15.3 Å². The Labute approximate surface area is 233 Å². The number of carbonyl (C=O) groups is 1. The first-order chi connectivity index (χ1) is 18.3. The fourth-order valence-corrected chi connectivity index (χ4v) is 7.25. The van der Waals surface area contributed by atoms with E-state index >= 15 is 0 Å². The molecule has 3 heterocycles. The van der Waals surface area contributed by atoms with Crippen molar-refractivity contribution in [2.75, 3.05) is 13.2 Å². The van der Waals surface area contributed by atoms with Crippen LogP contribution in [0.1, 0.15) is 37.9 Å². The van der Waals surface area contributed by atoms with Crippen LogP contribution in [0.2, 0.25) is 4.34 Å². The van der Waals surface area contributed by atoms with Gasteiger partial charge >= 0.3 is 12.2 Å². The number of thiophene rings is 1. The van der Waals surface area contributed by atoms with Gasteiger partial charge in [0.05, 0.1) is 34.4 Å². The van der Waals surface area contributed by atoms with Crippen LogP contribution in [0.15, 0.2) is 46.7 Å². The van der Waals surface area contributed by atoms with Crippen molar-refractivity contribution in [1.29, 1.82) is 0 Å². The summed E-state index contributed by atoms with van der Waals surface area (Å²) >= 11 is 6.84. The number of nitrogens with one attached hydrogen (secondary N) is 1. The van der Waals surface area contributed by atoms with Crippen LogP contribution >= 0.6 is 22.9 Å². The van der Waals surface area contributed by atoms with E-state index in [-0.39, 0.29) is 29.2 Å². The number of halogens is 4. The Balaban J connectivity index is 1.53. The summed E-state index contributed by atoms with van der Waals surface area (Å²) in [5.41, 5.74) is 0.297. The average molecular weight is 603 g/mol. The molecule has 1 aromatic carbocycles. The molecule has 4 rings (SSSR count). The van der Waals surface area contributed by atoms with Crippen molar-refractivity contribution in [2.45, 2.75) is 49.7 Å². The Morgan fingerprint density at radius 3 is 2.54 bits per heavy atom. The number of amides is 1. The molecular formula is C25H26ClF3N4O4S2. The van der Waals surface area contributed by atoms with E-state index in [9.17, 15) is 26.4 Å². The minimum absolute atomic E-state index is 0.0185. The molecule has 3 aromatic rings. The molecule has 8 nitrogen and oxygen atoms in total. The highest BCUT2D eigenvalue weighted by molar-refractivity contribution is 7.91. The minimum Gasteiger partial charge on any atom is -0.463 e. The number of benzene rings is 1. The fraction of sp³-hybridized carbons (Fsp3) is 0.400. The predicted molar refractivity (Wildman–Crippen MR) is 141 cm³/mol. The van der Waals surface area contributed by atoms with E-state index in [4.69, 9.17) is 16.3 Å². The first-order valence-electron chi connectivity index (χ1n) is 12.1. The normalized spacial score (nSPS) is 16.5. The van der Waals surface area contributed by atoms with Crippen LogP contribution in [0, 0.1) is 5.92 Å². The molecule has 0 saturated carbocycles. The average Bonchev–Trinajstić information content (AvgIpc) is 3.56. The molecule has 39 heavy (non-hydrogen) atoms. The van der Waals surface area contributed by atoms with Gasteiger partial charge in [0, 0.05) is 12.1 Å². The topological polar surface area (TPSA) is 101 Å². The number of ether oxygens (including phenoxy) is 1. The zero-order chi connectivity index (χ0) is 28.4. The van der Waals surface area contributed by atoms with Crippen LogP contribution in [-0.4, -0.2) is 47.8 Å². The molecule has 2 aromatic heterocycles. The predicted octanol–water partition coefficient (Wildman–Crippen LogP) is 5.38. The number of aromatic nitrogens is 2. The summed E-state index contributed by atoms with van der Waals surface area (Å²) in [6.45, 7) is 4.32. The van der Waals surface area contributed by atoms with Gasteiger partial charge in [-0.25, -0.2) is 8.42 Å². The third kappa shape index (κ3) is 7.07. The first-order valence-corrected chi connectivity index (χ1v) is 14.7. The van der Waals surface area contributed by atoms with Crippen molar-refractivity contribution in [3.8, 4) is 17.3 Å². The van der Waals surface area contributed by atoms with Crippen molar-refractivity contribution in [2.24, 2.45) is 5.92 Å². The van der Waals surface area contributed by atoms with Crippen molar-refractivity contribution in [3.63, 3.8) is 0 Å². The quantitative estimate of drug-likeness (QED) is 0.353. The highest BCUT2D eigenvalue weighted by Gasteiger charge is 2.40. The molecule has 1 amide bonds. The maximum atomic E-state index is 13.1. The Morgan fingerprint density at radius 1 is 1.21 bits per heavy atom. The molecule has 0 radical (unpaired) electrons. The van der Waals surface area contributed by atoms with E-state index in [1.165, 1.54) is 28.6 Å². The van der Waals surface area contributed by atoms with E-state index in [0.717, 1.165) is 23.5 Å². The van der Waals surface area contributed by atoms with Gasteiger partial charge in [-0.1, -0.05) is 37.6 Å². The summed E-state index contributed by atoms with van der Waals surface area (Å²) in [6, 6.07) is 8.10. The largest absolute Gasteiger partial charge is 0.463 e. The number of carbonyl (C=O) groups excluding carboxylic acids is 1. The standard InChI is InChI=1S/C25H26ClF3N4O4S2/c1-15(2)14-37-24-31-18(12-19(32-24)16-5-7-17(8-6-16)25(27,28)29)13-30-23(34)20-4-3-11-33(20)39(35,36)22-10-9-21(26)38-22/h5-10,12,15,20H,3-4,11,13-14H2,1-2H3,(H,30,34). The first kappa shape index (κ1) is 29.2. The van der Waals surface area contributed by atoms with Crippen molar-refractivity contribution in [1.82, 2.24) is 19.6 Å². The number of sulfonamides is 1. The van der Waals surface area contributed by atoms with Crippen LogP contribution in [0.3, 0.4) is 0 Å². The van der Waals surface area contributed by atoms with Gasteiger partial charge in [-0.3, -0.25) is 4.79 Å². The second-order valence-corrected chi connectivity index (χ2v) is 13.2. The zero-order valence-electron chi connectivity index (χ0n) is 21.0. The van der Waals surface area contributed by atoms with Crippen molar-refractivity contribution >= 4 is 38.9 Å². The van der Waals surface area contributed by atoms with Crippen molar-refractivity contribution in [3.05, 3.63) is 58.1 Å².